The van der Waals surface area contributed by atoms with Gasteiger partial charge in [-0.05, 0) is 24.1 Å². The van der Waals surface area contributed by atoms with Crippen molar-refractivity contribution in [1.29, 1.82) is 0 Å². The van der Waals surface area contributed by atoms with E-state index in [4.69, 9.17) is 16.3 Å². The Morgan fingerprint density at radius 2 is 2.36 bits per heavy atom. The van der Waals surface area contributed by atoms with Crippen LogP contribution in [0.2, 0.25) is 0 Å². The van der Waals surface area contributed by atoms with E-state index in [-0.39, 0.29) is 0 Å². The number of hydrogen-bond acceptors (Lipinski definition) is 1. The van der Waals surface area contributed by atoms with Gasteiger partial charge in [-0.15, -0.1) is 11.6 Å². The second kappa shape index (κ2) is 4.24. The van der Waals surface area contributed by atoms with Crippen molar-refractivity contribution >= 4 is 11.6 Å². The third-order valence-corrected chi connectivity index (χ3v) is 1.60. The van der Waals surface area contributed by atoms with Gasteiger partial charge in [0.1, 0.15) is 5.75 Å². The summed E-state index contributed by atoms with van der Waals surface area (Å²) in [6.07, 6.45) is 0.777. The summed E-state index contributed by atoms with van der Waals surface area (Å²) < 4.78 is 5.04. The van der Waals surface area contributed by atoms with Gasteiger partial charge in [0.15, 0.2) is 0 Å². The van der Waals surface area contributed by atoms with E-state index in [1.54, 1.807) is 13.0 Å². The zero-order valence-corrected chi connectivity index (χ0v) is 7.14. The fraction of sp³-hybridized carbons (Fsp3) is 0.222. The lowest BCUT2D eigenvalue weighted by Gasteiger charge is -2.01. The molecule has 1 aromatic rings. The maximum Gasteiger partial charge on any atom is 0.119 e. The van der Waals surface area contributed by atoms with E-state index in [0.29, 0.717) is 0 Å². The van der Waals surface area contributed by atoms with Crippen molar-refractivity contribution in [2.75, 3.05) is 7.11 Å². The van der Waals surface area contributed by atoms with Crippen LogP contribution in [-0.4, -0.2) is 7.11 Å². The Labute approximate surface area is 71.9 Å². The highest BCUT2D eigenvalue weighted by Gasteiger charge is 1.93. The summed E-state index contributed by atoms with van der Waals surface area (Å²) in [7, 11) is 1.66. The molecular weight excluding hydrogens is 160 g/mol. The molecule has 0 amide bonds. The molecule has 0 aliphatic carbocycles. The van der Waals surface area contributed by atoms with Crippen LogP contribution >= 0.6 is 11.6 Å². The predicted octanol–water partition coefficient (Wildman–Crippen LogP) is 2.64. The molecular formula is C9H10ClO. The summed E-state index contributed by atoms with van der Waals surface area (Å²) in [6.45, 7) is 0. The second-order valence-electron chi connectivity index (χ2n) is 2.21. The maximum absolute atomic E-state index is 5.47. The van der Waals surface area contributed by atoms with Crippen molar-refractivity contribution in [3.8, 4) is 5.75 Å². The molecule has 59 valence electrons. The summed E-state index contributed by atoms with van der Waals surface area (Å²) >= 11 is 5.47. The van der Waals surface area contributed by atoms with Crippen molar-refractivity contribution in [2.45, 2.75) is 6.42 Å². The van der Waals surface area contributed by atoms with Gasteiger partial charge in [0.25, 0.3) is 0 Å². The molecule has 0 aliphatic rings. The number of hydrogen-bond donors (Lipinski definition) is 0. The van der Waals surface area contributed by atoms with Gasteiger partial charge < -0.3 is 4.74 Å². The van der Waals surface area contributed by atoms with Gasteiger partial charge >= 0.3 is 0 Å². The van der Waals surface area contributed by atoms with Crippen molar-refractivity contribution in [3.05, 3.63) is 35.7 Å². The molecule has 1 radical (unpaired) electrons. The normalized spacial score (nSPS) is 9.64. The average molecular weight is 170 g/mol. The first-order chi connectivity index (χ1) is 5.36. The molecule has 0 saturated carbocycles. The van der Waals surface area contributed by atoms with Crippen molar-refractivity contribution in [2.24, 2.45) is 0 Å². The van der Waals surface area contributed by atoms with E-state index in [1.807, 2.05) is 24.3 Å². The lowest BCUT2D eigenvalue weighted by atomic mass is 10.2. The van der Waals surface area contributed by atoms with E-state index >= 15 is 0 Å². The van der Waals surface area contributed by atoms with Gasteiger partial charge in [-0.1, -0.05) is 12.1 Å². The topological polar surface area (TPSA) is 9.23 Å². The Bertz CT molecular complexity index is 223. The number of ether oxygens (including phenoxy) is 1. The first-order valence-electron chi connectivity index (χ1n) is 3.41. The van der Waals surface area contributed by atoms with Crippen LogP contribution in [0.3, 0.4) is 0 Å². The molecule has 0 heterocycles. The number of benzene rings is 1. The zero-order valence-electron chi connectivity index (χ0n) is 6.38. The molecule has 1 nitrogen and oxygen atoms in total. The monoisotopic (exact) mass is 169 g/mol. The lowest BCUT2D eigenvalue weighted by Crippen LogP contribution is -1.85. The number of methoxy groups -OCH3 is 1. The molecule has 0 aliphatic heterocycles. The van der Waals surface area contributed by atoms with E-state index < -0.39 is 0 Å². The fourth-order valence-corrected chi connectivity index (χ4v) is 1.07. The minimum absolute atomic E-state index is 0.777. The molecule has 0 spiro atoms. The van der Waals surface area contributed by atoms with Crippen LogP contribution in [0.1, 0.15) is 5.56 Å². The lowest BCUT2D eigenvalue weighted by molar-refractivity contribution is 0.414. The highest BCUT2D eigenvalue weighted by atomic mass is 35.5. The molecule has 11 heavy (non-hydrogen) atoms. The van der Waals surface area contributed by atoms with Crippen LogP contribution < -0.4 is 4.74 Å². The molecule has 0 saturated heterocycles. The Hall–Kier alpha value is -0.690. The molecule has 0 fully saturated rings. The van der Waals surface area contributed by atoms with E-state index in [1.165, 1.54) is 5.56 Å². The summed E-state index contributed by atoms with van der Waals surface area (Å²) in [5.41, 5.74) is 1.17. The van der Waals surface area contributed by atoms with Crippen molar-refractivity contribution in [1.82, 2.24) is 0 Å². The van der Waals surface area contributed by atoms with Gasteiger partial charge in [0, 0.05) is 0 Å². The van der Waals surface area contributed by atoms with Crippen LogP contribution in [-0.2, 0) is 6.42 Å². The van der Waals surface area contributed by atoms with Crippen LogP contribution in [0, 0.1) is 5.88 Å². The van der Waals surface area contributed by atoms with Gasteiger partial charge in [-0.25, -0.2) is 0 Å². The molecule has 0 unspecified atom stereocenters. The van der Waals surface area contributed by atoms with Gasteiger partial charge in [0.2, 0.25) is 0 Å². The Balaban J connectivity index is 2.74. The third-order valence-electron chi connectivity index (χ3n) is 1.45. The Morgan fingerprint density at radius 1 is 1.55 bits per heavy atom. The first kappa shape index (κ1) is 8.41. The number of halogens is 1. The summed E-state index contributed by atoms with van der Waals surface area (Å²) in [5.74, 6) is 2.48. The molecule has 1 rings (SSSR count). The average Bonchev–Trinajstić information content (AvgIpc) is 2.06. The Morgan fingerprint density at radius 3 is 3.00 bits per heavy atom. The molecule has 1 aromatic carbocycles. The molecule has 0 aromatic heterocycles. The highest BCUT2D eigenvalue weighted by Crippen LogP contribution is 2.13. The van der Waals surface area contributed by atoms with Crippen LogP contribution in [0.4, 0.5) is 0 Å². The SMILES string of the molecule is COc1cccc(C[CH]Cl)c1. The second-order valence-corrected chi connectivity index (χ2v) is 2.52. The Kier molecular flexibility index (Phi) is 3.24. The van der Waals surface area contributed by atoms with E-state index in [0.717, 1.165) is 12.2 Å². The summed E-state index contributed by atoms with van der Waals surface area (Å²) in [4.78, 5) is 0. The highest BCUT2D eigenvalue weighted by molar-refractivity contribution is 6.23. The largest absolute Gasteiger partial charge is 0.497 e. The van der Waals surface area contributed by atoms with E-state index in [2.05, 4.69) is 0 Å². The maximum atomic E-state index is 5.47. The van der Waals surface area contributed by atoms with Crippen LogP contribution in [0.15, 0.2) is 24.3 Å². The molecule has 0 N–H and O–H groups in total. The minimum atomic E-state index is 0.777. The zero-order chi connectivity index (χ0) is 8.10. The third kappa shape index (κ3) is 2.43. The van der Waals surface area contributed by atoms with Gasteiger partial charge in [0.05, 0.1) is 13.0 Å². The molecule has 0 atom stereocenters. The van der Waals surface area contributed by atoms with Gasteiger partial charge in [-0.3, -0.25) is 0 Å². The quantitative estimate of drug-likeness (QED) is 0.676. The smallest absolute Gasteiger partial charge is 0.119 e. The van der Waals surface area contributed by atoms with Crippen LogP contribution in [0.5, 0.6) is 5.75 Å². The summed E-state index contributed by atoms with van der Waals surface area (Å²) in [6, 6.07) is 7.85. The molecule has 0 bridgehead atoms. The van der Waals surface area contributed by atoms with Crippen molar-refractivity contribution < 1.29 is 4.74 Å². The fourth-order valence-electron chi connectivity index (χ4n) is 0.889. The minimum Gasteiger partial charge on any atom is -0.497 e. The predicted molar refractivity (Wildman–Crippen MR) is 46.9 cm³/mol. The standard InChI is InChI=1S/C9H10ClO/c1-11-9-4-2-3-8(7-9)5-6-10/h2-4,6-7H,5H2,1H3. The van der Waals surface area contributed by atoms with Gasteiger partial charge in [-0.2, -0.15) is 0 Å². The number of rotatable bonds is 3. The summed E-state index contributed by atoms with van der Waals surface area (Å²) in [5, 5.41) is 0. The van der Waals surface area contributed by atoms with Crippen LogP contribution in [0.25, 0.3) is 0 Å². The first-order valence-corrected chi connectivity index (χ1v) is 3.85. The van der Waals surface area contributed by atoms with Crippen molar-refractivity contribution in [3.63, 3.8) is 0 Å². The molecule has 2 heteroatoms. The van der Waals surface area contributed by atoms with E-state index in [9.17, 15) is 0 Å².